The van der Waals surface area contributed by atoms with E-state index < -0.39 is 5.91 Å². The lowest BCUT2D eigenvalue weighted by Gasteiger charge is -2.04. The van der Waals surface area contributed by atoms with E-state index >= 15 is 0 Å². The molecule has 0 aliphatic rings. The standard InChI is InChI=1S/C15H18N2O2S/c1-10-5-3-4-6-12(10)8-20-9-13-7-14(15(18)17-16)19-11(13)2/h3-7H,8-9,16H2,1-2H3,(H,17,18). The molecule has 1 heterocycles. The van der Waals surface area contributed by atoms with Crippen molar-refractivity contribution in [3.05, 3.63) is 58.5 Å². The van der Waals surface area contributed by atoms with E-state index in [9.17, 15) is 4.79 Å². The van der Waals surface area contributed by atoms with Gasteiger partial charge in [-0.1, -0.05) is 24.3 Å². The van der Waals surface area contributed by atoms with E-state index in [1.54, 1.807) is 17.8 Å². The fourth-order valence-electron chi connectivity index (χ4n) is 1.89. The van der Waals surface area contributed by atoms with Crippen LogP contribution >= 0.6 is 11.8 Å². The molecule has 4 nitrogen and oxygen atoms in total. The van der Waals surface area contributed by atoms with Crippen molar-refractivity contribution in [2.45, 2.75) is 25.4 Å². The molecule has 0 radical (unpaired) electrons. The highest BCUT2D eigenvalue weighted by Gasteiger charge is 2.13. The molecule has 20 heavy (non-hydrogen) atoms. The van der Waals surface area contributed by atoms with Gasteiger partial charge in [-0.15, -0.1) is 0 Å². The smallest absolute Gasteiger partial charge is 0.300 e. The van der Waals surface area contributed by atoms with Crippen molar-refractivity contribution in [3.8, 4) is 0 Å². The molecule has 2 rings (SSSR count). The van der Waals surface area contributed by atoms with Crippen LogP contribution in [0.25, 0.3) is 0 Å². The lowest BCUT2D eigenvalue weighted by Crippen LogP contribution is -2.29. The number of rotatable bonds is 5. The number of nitrogens with two attached hydrogens (primary N) is 1. The van der Waals surface area contributed by atoms with E-state index in [0.717, 1.165) is 22.8 Å². The van der Waals surface area contributed by atoms with Crippen molar-refractivity contribution in [1.82, 2.24) is 5.43 Å². The maximum Gasteiger partial charge on any atom is 0.300 e. The van der Waals surface area contributed by atoms with E-state index in [2.05, 4.69) is 30.5 Å². The average Bonchev–Trinajstić information content (AvgIpc) is 2.81. The molecule has 1 aromatic carbocycles. The highest BCUT2D eigenvalue weighted by molar-refractivity contribution is 7.97. The molecule has 0 bridgehead atoms. The van der Waals surface area contributed by atoms with E-state index in [1.807, 2.05) is 13.0 Å². The number of carbonyl (C=O) groups is 1. The Hall–Kier alpha value is -1.72. The Labute approximate surface area is 122 Å². The number of aryl methyl sites for hydroxylation is 2. The van der Waals surface area contributed by atoms with Crippen molar-refractivity contribution >= 4 is 17.7 Å². The first kappa shape index (κ1) is 14.7. The minimum atomic E-state index is -0.400. The lowest BCUT2D eigenvalue weighted by atomic mass is 10.1. The maximum absolute atomic E-state index is 11.4. The molecule has 0 atom stereocenters. The highest BCUT2D eigenvalue weighted by Crippen LogP contribution is 2.24. The summed E-state index contributed by atoms with van der Waals surface area (Å²) in [6, 6.07) is 10.1. The summed E-state index contributed by atoms with van der Waals surface area (Å²) in [5.74, 6) is 7.46. The summed E-state index contributed by atoms with van der Waals surface area (Å²) >= 11 is 1.80. The van der Waals surface area contributed by atoms with Crippen LogP contribution in [-0.4, -0.2) is 5.91 Å². The van der Waals surface area contributed by atoms with Crippen molar-refractivity contribution in [3.63, 3.8) is 0 Å². The second kappa shape index (κ2) is 6.63. The second-order valence-corrected chi connectivity index (χ2v) is 5.57. The van der Waals surface area contributed by atoms with E-state index in [-0.39, 0.29) is 5.76 Å². The number of carbonyl (C=O) groups excluding carboxylic acids is 1. The molecule has 1 amide bonds. The zero-order valence-electron chi connectivity index (χ0n) is 11.6. The normalized spacial score (nSPS) is 10.6. The molecular weight excluding hydrogens is 272 g/mol. The molecule has 3 N–H and O–H groups in total. The van der Waals surface area contributed by atoms with Crippen LogP contribution in [0, 0.1) is 13.8 Å². The highest BCUT2D eigenvalue weighted by atomic mass is 32.2. The van der Waals surface area contributed by atoms with Gasteiger partial charge in [0.1, 0.15) is 5.76 Å². The summed E-state index contributed by atoms with van der Waals surface area (Å²) in [6.07, 6.45) is 0. The SMILES string of the molecule is Cc1ccccc1CSCc1cc(C(=O)NN)oc1C. The Morgan fingerprint density at radius 2 is 1.95 bits per heavy atom. The topological polar surface area (TPSA) is 68.3 Å². The fraction of sp³-hybridized carbons (Fsp3) is 0.267. The predicted octanol–water partition coefficient (Wildman–Crippen LogP) is 2.93. The molecule has 0 saturated carbocycles. The van der Waals surface area contributed by atoms with Crippen molar-refractivity contribution in [2.24, 2.45) is 5.84 Å². The molecule has 1 aromatic heterocycles. The van der Waals surface area contributed by atoms with Gasteiger partial charge in [-0.25, -0.2) is 5.84 Å². The first-order valence-electron chi connectivity index (χ1n) is 6.34. The van der Waals surface area contributed by atoms with Crippen molar-refractivity contribution < 1.29 is 9.21 Å². The molecule has 0 fully saturated rings. The first-order chi connectivity index (χ1) is 9.61. The van der Waals surface area contributed by atoms with Crippen LogP contribution < -0.4 is 11.3 Å². The number of nitrogen functional groups attached to an aromatic ring is 1. The van der Waals surface area contributed by atoms with Gasteiger partial charge in [-0.05, 0) is 31.0 Å². The third-order valence-corrected chi connectivity index (χ3v) is 4.18. The largest absolute Gasteiger partial charge is 0.456 e. The van der Waals surface area contributed by atoms with Gasteiger partial charge in [0.25, 0.3) is 0 Å². The summed E-state index contributed by atoms with van der Waals surface area (Å²) in [7, 11) is 0. The van der Waals surface area contributed by atoms with Crippen molar-refractivity contribution in [2.75, 3.05) is 0 Å². The molecule has 0 spiro atoms. The fourth-order valence-corrected chi connectivity index (χ4v) is 3.04. The number of benzene rings is 1. The lowest BCUT2D eigenvalue weighted by molar-refractivity contribution is 0.0924. The van der Waals surface area contributed by atoms with E-state index in [1.165, 1.54) is 11.1 Å². The van der Waals surface area contributed by atoms with Crippen LogP contribution in [-0.2, 0) is 11.5 Å². The number of hydrazine groups is 1. The van der Waals surface area contributed by atoms with Gasteiger partial charge in [-0.2, -0.15) is 11.8 Å². The van der Waals surface area contributed by atoms with Crippen LogP contribution in [0.1, 0.15) is 33.0 Å². The van der Waals surface area contributed by atoms with Crippen LogP contribution in [0.2, 0.25) is 0 Å². The van der Waals surface area contributed by atoms with Gasteiger partial charge in [-0.3, -0.25) is 10.2 Å². The van der Waals surface area contributed by atoms with Gasteiger partial charge < -0.3 is 4.42 Å². The Bertz CT molecular complexity index is 608. The van der Waals surface area contributed by atoms with Crippen LogP contribution in [0.3, 0.4) is 0 Å². The van der Waals surface area contributed by atoms with Gasteiger partial charge >= 0.3 is 5.91 Å². The molecule has 0 aliphatic carbocycles. The van der Waals surface area contributed by atoms with E-state index in [0.29, 0.717) is 0 Å². The maximum atomic E-state index is 11.4. The van der Waals surface area contributed by atoms with E-state index in [4.69, 9.17) is 10.3 Å². The predicted molar refractivity (Wildman–Crippen MR) is 81.3 cm³/mol. The molecular formula is C15H18N2O2S. The number of hydrogen-bond acceptors (Lipinski definition) is 4. The first-order valence-corrected chi connectivity index (χ1v) is 7.49. The monoisotopic (exact) mass is 290 g/mol. The summed E-state index contributed by atoms with van der Waals surface area (Å²) < 4.78 is 5.39. The summed E-state index contributed by atoms with van der Waals surface area (Å²) in [4.78, 5) is 11.4. The molecule has 0 aliphatic heterocycles. The number of nitrogens with one attached hydrogen (secondary N) is 1. The summed E-state index contributed by atoms with van der Waals surface area (Å²) in [5.41, 5.74) is 5.73. The second-order valence-electron chi connectivity index (χ2n) is 4.58. The zero-order valence-corrected chi connectivity index (χ0v) is 12.4. The van der Waals surface area contributed by atoms with Gasteiger partial charge in [0.2, 0.25) is 0 Å². The molecule has 106 valence electrons. The zero-order chi connectivity index (χ0) is 14.5. The van der Waals surface area contributed by atoms with Crippen LogP contribution in [0.5, 0.6) is 0 Å². The minimum absolute atomic E-state index is 0.261. The number of hydrogen-bond donors (Lipinski definition) is 2. The van der Waals surface area contributed by atoms with Gasteiger partial charge in [0, 0.05) is 17.1 Å². The third-order valence-electron chi connectivity index (χ3n) is 3.15. The number of amides is 1. The minimum Gasteiger partial charge on any atom is -0.456 e. The average molecular weight is 290 g/mol. The Morgan fingerprint density at radius 3 is 2.65 bits per heavy atom. The third kappa shape index (κ3) is 3.43. The van der Waals surface area contributed by atoms with Crippen molar-refractivity contribution in [1.29, 1.82) is 0 Å². The quantitative estimate of drug-likeness (QED) is 0.505. The molecule has 5 heteroatoms. The molecule has 2 aromatic rings. The van der Waals surface area contributed by atoms with Crippen LogP contribution in [0.4, 0.5) is 0 Å². The van der Waals surface area contributed by atoms with Gasteiger partial charge in [0.05, 0.1) is 0 Å². The Morgan fingerprint density at radius 1 is 1.25 bits per heavy atom. The number of furan rings is 1. The molecule has 0 unspecified atom stereocenters. The van der Waals surface area contributed by atoms with Gasteiger partial charge in [0.15, 0.2) is 5.76 Å². The summed E-state index contributed by atoms with van der Waals surface area (Å²) in [5, 5.41) is 0. The summed E-state index contributed by atoms with van der Waals surface area (Å²) in [6.45, 7) is 3.97. The Kier molecular flexibility index (Phi) is 4.87. The Balaban J connectivity index is 1.96. The molecule has 0 saturated heterocycles. The number of thioether (sulfide) groups is 1. The van der Waals surface area contributed by atoms with Crippen LogP contribution in [0.15, 0.2) is 34.7 Å².